The molecule has 1 N–H and O–H groups in total. The van der Waals surface area contributed by atoms with Crippen molar-refractivity contribution in [1.29, 1.82) is 0 Å². The molecule has 0 saturated carbocycles. The van der Waals surface area contributed by atoms with Crippen molar-refractivity contribution in [2.75, 3.05) is 13.1 Å². The zero-order chi connectivity index (χ0) is 18.5. The third kappa shape index (κ3) is 4.71. The summed E-state index contributed by atoms with van der Waals surface area (Å²) in [5, 5.41) is 6.80. The highest BCUT2D eigenvalue weighted by atomic mass is 16.5. The molecule has 2 aromatic heterocycles. The van der Waals surface area contributed by atoms with Crippen LogP contribution in [0.25, 0.3) is 0 Å². The Hall–Kier alpha value is -2.64. The van der Waals surface area contributed by atoms with Crippen molar-refractivity contribution in [2.45, 2.75) is 52.2 Å². The summed E-state index contributed by atoms with van der Waals surface area (Å²) in [6.45, 7) is 7.52. The predicted octanol–water partition coefficient (Wildman–Crippen LogP) is 2.65. The van der Waals surface area contributed by atoms with Crippen molar-refractivity contribution in [3.63, 3.8) is 0 Å². The van der Waals surface area contributed by atoms with Crippen LogP contribution in [0.1, 0.15) is 49.9 Å². The number of nitrogens with zero attached hydrogens (tertiary/aromatic N) is 4. The third-order valence-electron chi connectivity index (χ3n) is 4.27. The topological polar surface area (TPSA) is 93.4 Å². The minimum Gasteiger partial charge on any atom is -0.475 e. The van der Waals surface area contributed by atoms with E-state index in [1.165, 1.54) is 0 Å². The van der Waals surface area contributed by atoms with Crippen molar-refractivity contribution in [2.24, 2.45) is 0 Å². The highest BCUT2D eigenvalue weighted by molar-refractivity contribution is 5.74. The molecule has 0 bridgehead atoms. The summed E-state index contributed by atoms with van der Waals surface area (Å²) < 4.78 is 10.8. The molecule has 0 radical (unpaired) electrons. The van der Waals surface area contributed by atoms with Crippen LogP contribution in [0.3, 0.4) is 0 Å². The van der Waals surface area contributed by atoms with Crippen LogP contribution in [0.5, 0.6) is 5.88 Å². The Balaban J connectivity index is 1.47. The van der Waals surface area contributed by atoms with Gasteiger partial charge in [0, 0.05) is 37.8 Å². The van der Waals surface area contributed by atoms with Crippen LogP contribution in [0.2, 0.25) is 0 Å². The maximum atomic E-state index is 12.4. The van der Waals surface area contributed by atoms with Crippen LogP contribution in [-0.4, -0.2) is 45.2 Å². The van der Waals surface area contributed by atoms with Gasteiger partial charge in [0.25, 0.3) is 0 Å². The average molecular weight is 359 g/mol. The molecule has 8 nitrogen and oxygen atoms in total. The molecule has 0 atom stereocenters. The van der Waals surface area contributed by atoms with E-state index >= 15 is 0 Å². The standard InChI is InChI=1S/C18H25N5O3/c1-12(2)25-16-10-14(4-7-19-16)11-20-18(24)23-8-5-15(6-9-23)17-21-13(3)22-26-17/h4,7,10,12,15H,5-6,8-9,11H2,1-3H3,(H,20,24). The molecule has 1 saturated heterocycles. The lowest BCUT2D eigenvalue weighted by Crippen LogP contribution is -2.43. The maximum Gasteiger partial charge on any atom is 0.317 e. The van der Waals surface area contributed by atoms with Crippen LogP contribution >= 0.6 is 0 Å². The van der Waals surface area contributed by atoms with Gasteiger partial charge in [-0.2, -0.15) is 4.98 Å². The molecular formula is C18H25N5O3. The average Bonchev–Trinajstić information content (AvgIpc) is 3.06. The fourth-order valence-electron chi connectivity index (χ4n) is 2.96. The van der Waals surface area contributed by atoms with E-state index in [-0.39, 0.29) is 18.1 Å². The van der Waals surface area contributed by atoms with Crippen molar-refractivity contribution >= 4 is 6.03 Å². The number of hydrogen-bond donors (Lipinski definition) is 1. The van der Waals surface area contributed by atoms with Crippen LogP contribution in [0, 0.1) is 6.92 Å². The molecule has 3 heterocycles. The molecule has 3 rings (SSSR count). The second-order valence-electron chi connectivity index (χ2n) is 6.77. The highest BCUT2D eigenvalue weighted by Crippen LogP contribution is 2.26. The summed E-state index contributed by atoms with van der Waals surface area (Å²) in [7, 11) is 0. The number of aryl methyl sites for hydroxylation is 1. The molecule has 2 amide bonds. The van der Waals surface area contributed by atoms with Gasteiger partial charge in [0.15, 0.2) is 5.82 Å². The predicted molar refractivity (Wildman–Crippen MR) is 94.8 cm³/mol. The van der Waals surface area contributed by atoms with Gasteiger partial charge < -0.3 is 19.5 Å². The molecule has 1 aliphatic rings. The van der Waals surface area contributed by atoms with Crippen LogP contribution in [-0.2, 0) is 6.54 Å². The molecule has 0 aliphatic carbocycles. The number of rotatable bonds is 5. The molecule has 1 aliphatic heterocycles. The minimum atomic E-state index is -0.0618. The number of pyridine rings is 1. The van der Waals surface area contributed by atoms with E-state index < -0.39 is 0 Å². The summed E-state index contributed by atoms with van der Waals surface area (Å²) in [5.74, 6) is 2.13. The van der Waals surface area contributed by atoms with E-state index in [0.29, 0.717) is 37.2 Å². The Bertz CT molecular complexity index is 738. The summed E-state index contributed by atoms with van der Waals surface area (Å²) in [6, 6.07) is 3.66. The Kier molecular flexibility index (Phi) is 5.70. The van der Waals surface area contributed by atoms with Gasteiger partial charge >= 0.3 is 6.03 Å². The van der Waals surface area contributed by atoms with Gasteiger partial charge in [-0.25, -0.2) is 9.78 Å². The van der Waals surface area contributed by atoms with Crippen molar-refractivity contribution < 1.29 is 14.1 Å². The summed E-state index contributed by atoms with van der Waals surface area (Å²) in [6.07, 6.45) is 3.42. The lowest BCUT2D eigenvalue weighted by molar-refractivity contribution is 0.175. The minimum absolute atomic E-state index is 0.0618. The lowest BCUT2D eigenvalue weighted by atomic mass is 9.97. The molecule has 26 heavy (non-hydrogen) atoms. The Labute approximate surface area is 152 Å². The van der Waals surface area contributed by atoms with Gasteiger partial charge in [-0.3, -0.25) is 0 Å². The number of piperidine rings is 1. The fourth-order valence-corrected chi connectivity index (χ4v) is 2.96. The van der Waals surface area contributed by atoms with Crippen molar-refractivity contribution in [1.82, 2.24) is 25.3 Å². The van der Waals surface area contributed by atoms with Gasteiger partial charge in [-0.15, -0.1) is 0 Å². The molecule has 0 unspecified atom stereocenters. The van der Waals surface area contributed by atoms with Crippen LogP contribution < -0.4 is 10.1 Å². The second-order valence-corrected chi connectivity index (χ2v) is 6.77. The van der Waals surface area contributed by atoms with Crippen LogP contribution in [0.4, 0.5) is 4.79 Å². The zero-order valence-corrected chi connectivity index (χ0v) is 15.4. The number of carbonyl (C=O) groups excluding carboxylic acids is 1. The second kappa shape index (κ2) is 8.16. The van der Waals surface area contributed by atoms with Gasteiger partial charge in [0.05, 0.1) is 6.10 Å². The number of aromatic nitrogens is 3. The van der Waals surface area contributed by atoms with E-state index in [9.17, 15) is 4.79 Å². The quantitative estimate of drug-likeness (QED) is 0.882. The highest BCUT2D eigenvalue weighted by Gasteiger charge is 2.27. The number of amides is 2. The first-order valence-corrected chi connectivity index (χ1v) is 8.96. The van der Waals surface area contributed by atoms with E-state index in [0.717, 1.165) is 18.4 Å². The Morgan fingerprint density at radius 3 is 2.85 bits per heavy atom. The number of nitrogens with one attached hydrogen (secondary N) is 1. The molecule has 0 spiro atoms. The van der Waals surface area contributed by atoms with Gasteiger partial charge in [0.2, 0.25) is 11.8 Å². The number of likely N-dealkylation sites (tertiary alicyclic amines) is 1. The molecule has 0 aromatic carbocycles. The van der Waals surface area contributed by atoms with Gasteiger partial charge in [0.1, 0.15) is 0 Å². The van der Waals surface area contributed by atoms with E-state index in [4.69, 9.17) is 9.26 Å². The summed E-state index contributed by atoms with van der Waals surface area (Å²) in [5.41, 5.74) is 0.959. The number of urea groups is 1. The number of carbonyl (C=O) groups is 1. The van der Waals surface area contributed by atoms with E-state index in [1.54, 1.807) is 6.20 Å². The molecule has 140 valence electrons. The van der Waals surface area contributed by atoms with Crippen molar-refractivity contribution in [3.05, 3.63) is 35.6 Å². The monoisotopic (exact) mass is 359 g/mol. The summed E-state index contributed by atoms with van der Waals surface area (Å²) >= 11 is 0. The van der Waals surface area contributed by atoms with E-state index in [2.05, 4.69) is 20.4 Å². The Morgan fingerprint density at radius 1 is 1.42 bits per heavy atom. The van der Waals surface area contributed by atoms with Crippen LogP contribution in [0.15, 0.2) is 22.9 Å². The number of hydrogen-bond acceptors (Lipinski definition) is 6. The molecule has 8 heteroatoms. The van der Waals surface area contributed by atoms with Gasteiger partial charge in [-0.1, -0.05) is 5.16 Å². The first-order chi connectivity index (χ1) is 12.5. The number of ether oxygens (including phenoxy) is 1. The van der Waals surface area contributed by atoms with Gasteiger partial charge in [-0.05, 0) is 45.2 Å². The largest absolute Gasteiger partial charge is 0.475 e. The fraction of sp³-hybridized carbons (Fsp3) is 0.556. The first-order valence-electron chi connectivity index (χ1n) is 8.96. The lowest BCUT2D eigenvalue weighted by Gasteiger charge is -2.30. The first kappa shape index (κ1) is 18.2. The smallest absolute Gasteiger partial charge is 0.317 e. The summed E-state index contributed by atoms with van der Waals surface area (Å²) in [4.78, 5) is 22.7. The third-order valence-corrected chi connectivity index (χ3v) is 4.27. The van der Waals surface area contributed by atoms with E-state index in [1.807, 2.05) is 37.8 Å². The molecular weight excluding hydrogens is 334 g/mol. The van der Waals surface area contributed by atoms with Crippen molar-refractivity contribution in [3.8, 4) is 5.88 Å². The SMILES string of the molecule is Cc1noc(C2CCN(C(=O)NCc3ccnc(OC(C)C)c3)CC2)n1. The normalized spacial score (nSPS) is 15.3. The Morgan fingerprint density at radius 2 is 2.19 bits per heavy atom. The molecule has 1 fully saturated rings. The zero-order valence-electron chi connectivity index (χ0n) is 15.4. The molecule has 2 aromatic rings. The maximum absolute atomic E-state index is 12.4.